The van der Waals surface area contributed by atoms with E-state index in [4.69, 9.17) is 0 Å². The van der Waals surface area contributed by atoms with Crippen molar-refractivity contribution in [2.75, 3.05) is 6.54 Å². The lowest BCUT2D eigenvalue weighted by molar-refractivity contribution is -0.121. The monoisotopic (exact) mass is 272 g/mol. The summed E-state index contributed by atoms with van der Waals surface area (Å²) in [5, 5.41) is 6.27. The standard InChI is InChI=1S/C15H20N4O/c1-19-13-5-3-2-4-12(13)18-14(19)10-16-9-8-15(20)17-11-6-7-11/h2-5,11,16H,6-10H2,1H3,(H,17,20). The third-order valence-electron chi connectivity index (χ3n) is 3.63. The number of nitrogens with zero attached hydrogens (tertiary/aromatic N) is 2. The topological polar surface area (TPSA) is 59.0 Å². The van der Waals surface area contributed by atoms with E-state index in [0.29, 0.717) is 25.6 Å². The molecule has 1 aliphatic rings. The van der Waals surface area contributed by atoms with E-state index >= 15 is 0 Å². The van der Waals surface area contributed by atoms with E-state index in [1.54, 1.807) is 0 Å². The first-order valence-electron chi connectivity index (χ1n) is 7.14. The highest BCUT2D eigenvalue weighted by molar-refractivity contribution is 5.77. The van der Waals surface area contributed by atoms with Crippen molar-refractivity contribution in [3.63, 3.8) is 0 Å². The molecule has 1 amide bonds. The predicted octanol–water partition coefficient (Wildman–Crippen LogP) is 1.33. The zero-order chi connectivity index (χ0) is 13.9. The molecule has 0 radical (unpaired) electrons. The Labute approximate surface area is 118 Å². The third kappa shape index (κ3) is 2.99. The number of aromatic nitrogens is 2. The Morgan fingerprint density at radius 1 is 1.40 bits per heavy atom. The molecular formula is C15H20N4O. The molecule has 20 heavy (non-hydrogen) atoms. The molecule has 3 rings (SSSR count). The maximum Gasteiger partial charge on any atom is 0.221 e. The molecule has 1 fully saturated rings. The van der Waals surface area contributed by atoms with Gasteiger partial charge in [0, 0.05) is 26.1 Å². The fraction of sp³-hybridized carbons (Fsp3) is 0.467. The van der Waals surface area contributed by atoms with Gasteiger partial charge in [-0.3, -0.25) is 4.79 Å². The van der Waals surface area contributed by atoms with Gasteiger partial charge in [0.1, 0.15) is 5.82 Å². The van der Waals surface area contributed by atoms with E-state index < -0.39 is 0 Å². The molecule has 1 aromatic carbocycles. The van der Waals surface area contributed by atoms with Gasteiger partial charge in [0.15, 0.2) is 0 Å². The van der Waals surface area contributed by atoms with Gasteiger partial charge < -0.3 is 15.2 Å². The van der Waals surface area contributed by atoms with Crippen molar-refractivity contribution in [2.24, 2.45) is 7.05 Å². The smallest absolute Gasteiger partial charge is 0.221 e. The molecule has 2 aromatic rings. The van der Waals surface area contributed by atoms with Crippen LogP contribution >= 0.6 is 0 Å². The number of rotatable bonds is 6. The summed E-state index contributed by atoms with van der Waals surface area (Å²) in [6.45, 7) is 1.36. The Morgan fingerprint density at radius 2 is 2.20 bits per heavy atom. The molecule has 1 heterocycles. The normalized spacial score (nSPS) is 14.7. The molecule has 0 spiro atoms. The molecule has 5 heteroatoms. The first kappa shape index (κ1) is 13.1. The van der Waals surface area contributed by atoms with Gasteiger partial charge in [0.05, 0.1) is 17.6 Å². The summed E-state index contributed by atoms with van der Waals surface area (Å²) >= 11 is 0. The van der Waals surface area contributed by atoms with Crippen LogP contribution in [0.5, 0.6) is 0 Å². The van der Waals surface area contributed by atoms with Crippen LogP contribution in [0.15, 0.2) is 24.3 Å². The van der Waals surface area contributed by atoms with Crippen LogP contribution in [0.25, 0.3) is 11.0 Å². The second kappa shape index (κ2) is 5.63. The molecule has 0 unspecified atom stereocenters. The number of aryl methyl sites for hydroxylation is 1. The van der Waals surface area contributed by atoms with E-state index in [0.717, 1.165) is 29.7 Å². The van der Waals surface area contributed by atoms with Crippen LogP contribution in [0, 0.1) is 0 Å². The number of imidazole rings is 1. The Hall–Kier alpha value is -1.88. The second-order valence-electron chi connectivity index (χ2n) is 5.34. The van der Waals surface area contributed by atoms with Crippen molar-refractivity contribution < 1.29 is 4.79 Å². The number of carbonyl (C=O) groups excluding carboxylic acids is 1. The van der Waals surface area contributed by atoms with E-state index in [-0.39, 0.29) is 5.91 Å². The Balaban J connectivity index is 1.49. The van der Waals surface area contributed by atoms with Gasteiger partial charge >= 0.3 is 0 Å². The first-order valence-corrected chi connectivity index (χ1v) is 7.14. The summed E-state index contributed by atoms with van der Waals surface area (Å²) in [6.07, 6.45) is 2.80. The minimum Gasteiger partial charge on any atom is -0.353 e. The number of para-hydroxylation sites is 2. The van der Waals surface area contributed by atoms with Crippen molar-refractivity contribution in [1.82, 2.24) is 20.2 Å². The predicted molar refractivity (Wildman–Crippen MR) is 78.2 cm³/mol. The number of carbonyl (C=O) groups is 1. The van der Waals surface area contributed by atoms with Gasteiger partial charge in [-0.05, 0) is 25.0 Å². The maximum atomic E-state index is 11.5. The van der Waals surface area contributed by atoms with Crippen LogP contribution in [0.2, 0.25) is 0 Å². The fourth-order valence-electron chi connectivity index (χ4n) is 2.28. The average Bonchev–Trinajstić information content (AvgIpc) is 3.20. The number of amides is 1. The van der Waals surface area contributed by atoms with Crippen LogP contribution in [0.3, 0.4) is 0 Å². The maximum absolute atomic E-state index is 11.5. The third-order valence-corrected chi connectivity index (χ3v) is 3.63. The van der Waals surface area contributed by atoms with Gasteiger partial charge in [-0.25, -0.2) is 4.98 Å². The molecule has 2 N–H and O–H groups in total. The molecule has 1 aliphatic carbocycles. The molecule has 0 bridgehead atoms. The highest BCUT2D eigenvalue weighted by atomic mass is 16.1. The number of fused-ring (bicyclic) bond motifs is 1. The van der Waals surface area contributed by atoms with Gasteiger partial charge in [-0.1, -0.05) is 12.1 Å². The van der Waals surface area contributed by atoms with Gasteiger partial charge in [0.25, 0.3) is 0 Å². The molecule has 0 atom stereocenters. The SMILES string of the molecule is Cn1c(CNCCC(=O)NC2CC2)nc2ccccc21. The lowest BCUT2D eigenvalue weighted by Crippen LogP contribution is -2.29. The number of hydrogen-bond donors (Lipinski definition) is 2. The number of hydrogen-bond acceptors (Lipinski definition) is 3. The molecule has 106 valence electrons. The summed E-state index contributed by atoms with van der Waals surface area (Å²) < 4.78 is 2.09. The van der Waals surface area contributed by atoms with Crippen LogP contribution in [-0.2, 0) is 18.4 Å². The molecule has 5 nitrogen and oxygen atoms in total. The van der Waals surface area contributed by atoms with Crippen molar-refractivity contribution in [1.29, 1.82) is 0 Å². The summed E-state index contributed by atoms with van der Waals surface area (Å²) in [4.78, 5) is 16.1. The second-order valence-corrected chi connectivity index (χ2v) is 5.34. The van der Waals surface area contributed by atoms with Crippen molar-refractivity contribution in [3.05, 3.63) is 30.1 Å². The van der Waals surface area contributed by atoms with Gasteiger partial charge in [0.2, 0.25) is 5.91 Å². The minimum absolute atomic E-state index is 0.144. The summed E-state index contributed by atoms with van der Waals surface area (Å²) in [5.74, 6) is 1.14. The van der Waals surface area contributed by atoms with Crippen LogP contribution < -0.4 is 10.6 Å². The number of nitrogens with one attached hydrogen (secondary N) is 2. The van der Waals surface area contributed by atoms with E-state index in [1.165, 1.54) is 0 Å². The lowest BCUT2D eigenvalue weighted by Gasteiger charge is -2.06. The summed E-state index contributed by atoms with van der Waals surface area (Å²) in [6, 6.07) is 8.54. The van der Waals surface area contributed by atoms with Crippen molar-refractivity contribution in [2.45, 2.75) is 31.8 Å². The fourth-order valence-corrected chi connectivity index (χ4v) is 2.28. The Bertz CT molecular complexity index is 615. The Kier molecular flexibility index (Phi) is 3.69. The minimum atomic E-state index is 0.144. The lowest BCUT2D eigenvalue weighted by atomic mass is 10.3. The van der Waals surface area contributed by atoms with Crippen LogP contribution in [0.1, 0.15) is 25.1 Å². The highest BCUT2D eigenvalue weighted by Crippen LogP contribution is 2.18. The molecule has 1 aromatic heterocycles. The quantitative estimate of drug-likeness (QED) is 0.780. The van der Waals surface area contributed by atoms with Crippen LogP contribution in [-0.4, -0.2) is 28.0 Å². The zero-order valence-corrected chi connectivity index (χ0v) is 11.7. The van der Waals surface area contributed by atoms with Gasteiger partial charge in [-0.2, -0.15) is 0 Å². The summed E-state index contributed by atoms with van der Waals surface area (Å²) in [5.41, 5.74) is 2.15. The number of benzene rings is 1. The molecule has 0 saturated heterocycles. The van der Waals surface area contributed by atoms with Crippen molar-refractivity contribution >= 4 is 16.9 Å². The van der Waals surface area contributed by atoms with Gasteiger partial charge in [-0.15, -0.1) is 0 Å². The average molecular weight is 272 g/mol. The zero-order valence-electron chi connectivity index (χ0n) is 11.7. The molecule has 0 aliphatic heterocycles. The Morgan fingerprint density at radius 3 is 2.95 bits per heavy atom. The van der Waals surface area contributed by atoms with Crippen molar-refractivity contribution in [3.8, 4) is 0 Å². The van der Waals surface area contributed by atoms with E-state index in [1.807, 2.05) is 25.2 Å². The summed E-state index contributed by atoms with van der Waals surface area (Å²) in [7, 11) is 2.02. The van der Waals surface area contributed by atoms with E-state index in [2.05, 4.69) is 26.3 Å². The largest absolute Gasteiger partial charge is 0.353 e. The molecular weight excluding hydrogens is 252 g/mol. The highest BCUT2D eigenvalue weighted by Gasteiger charge is 2.22. The van der Waals surface area contributed by atoms with E-state index in [9.17, 15) is 4.79 Å². The van der Waals surface area contributed by atoms with Crippen LogP contribution in [0.4, 0.5) is 0 Å². The molecule has 1 saturated carbocycles. The first-order chi connectivity index (χ1) is 9.74.